The van der Waals surface area contributed by atoms with Gasteiger partial charge in [0, 0.05) is 24.0 Å². The van der Waals surface area contributed by atoms with E-state index in [0.29, 0.717) is 30.0 Å². The Balaban J connectivity index is 1.52. The number of nitrogens with zero attached hydrogens (tertiary/aromatic N) is 1. The van der Waals surface area contributed by atoms with Crippen LogP contribution in [0.25, 0.3) is 0 Å². The summed E-state index contributed by atoms with van der Waals surface area (Å²) in [5.74, 6) is -2.76. The first-order chi connectivity index (χ1) is 20.9. The number of amides is 2. The first-order valence-electron chi connectivity index (χ1n) is 14.9. The van der Waals surface area contributed by atoms with E-state index in [1.54, 1.807) is 13.0 Å². The van der Waals surface area contributed by atoms with Gasteiger partial charge in [0.2, 0.25) is 5.91 Å². The monoisotopic (exact) mass is 601 g/mol. The largest absolute Gasteiger partial charge is 0.416 e. The SMILES string of the molecule is [B]c1cc(C)c(C(F)(F)F)c([B])c1NC(=O)[C@H]1CCCN(C(=O)c2c(C)cccc2F)[C@H]1c1ccc(NC2CCCC2)cc1. The van der Waals surface area contributed by atoms with E-state index >= 15 is 0 Å². The Morgan fingerprint density at radius 1 is 0.932 bits per heavy atom. The number of carbonyl (C=O) groups excluding carboxylic acids is 2. The Labute approximate surface area is 257 Å². The average Bonchev–Trinajstić information content (AvgIpc) is 3.47. The maximum Gasteiger partial charge on any atom is 0.416 e. The zero-order chi connectivity index (χ0) is 31.8. The maximum atomic E-state index is 15.0. The Morgan fingerprint density at radius 3 is 2.25 bits per heavy atom. The van der Waals surface area contributed by atoms with Crippen molar-refractivity contribution in [1.29, 1.82) is 0 Å². The van der Waals surface area contributed by atoms with Gasteiger partial charge in [-0.15, -0.1) is 0 Å². The van der Waals surface area contributed by atoms with Crippen LogP contribution in [0.5, 0.6) is 0 Å². The predicted octanol–water partition coefficient (Wildman–Crippen LogP) is 5.64. The van der Waals surface area contributed by atoms with Crippen molar-refractivity contribution in [3.05, 3.63) is 82.2 Å². The Bertz CT molecular complexity index is 1540. The number of rotatable bonds is 6. The summed E-state index contributed by atoms with van der Waals surface area (Å²) in [5.41, 5.74) is -0.416. The standard InChI is InChI=1S/C33H33B2F4N3O2/c1-18-7-5-11-25(36)26(18)32(44)42-16-6-10-23(30(42)20-12-14-22(15-13-20)40-21-8-3-4-9-21)31(43)41-29-24(34)17-19(2)27(28(29)35)33(37,38)39/h5,7,11-15,17,21,23,30,40H,3-4,6,8-10,16H2,1-2H3,(H,41,43)/t23-,30-/m0/s1. The van der Waals surface area contributed by atoms with Gasteiger partial charge in [-0.05, 0) is 74.4 Å². The van der Waals surface area contributed by atoms with Gasteiger partial charge in [0.15, 0.2) is 0 Å². The Kier molecular flexibility index (Phi) is 9.14. The van der Waals surface area contributed by atoms with Gasteiger partial charge >= 0.3 is 6.18 Å². The van der Waals surface area contributed by atoms with Crippen LogP contribution < -0.4 is 21.6 Å². The smallest absolute Gasteiger partial charge is 0.382 e. The molecule has 1 aliphatic carbocycles. The van der Waals surface area contributed by atoms with Gasteiger partial charge in [0.05, 0.1) is 23.1 Å². The molecule has 2 fully saturated rings. The first-order valence-corrected chi connectivity index (χ1v) is 14.9. The maximum absolute atomic E-state index is 15.0. The lowest BCUT2D eigenvalue weighted by Crippen LogP contribution is -2.47. The molecule has 226 valence electrons. The van der Waals surface area contributed by atoms with Crippen LogP contribution in [0.2, 0.25) is 0 Å². The van der Waals surface area contributed by atoms with Crippen molar-refractivity contribution < 1.29 is 27.2 Å². The normalized spacial score (nSPS) is 19.2. The van der Waals surface area contributed by atoms with Gasteiger partial charge < -0.3 is 15.5 Å². The molecule has 3 aromatic rings. The van der Waals surface area contributed by atoms with Gasteiger partial charge in [-0.1, -0.05) is 54.1 Å². The number of hydrogen-bond donors (Lipinski definition) is 2. The highest BCUT2D eigenvalue weighted by Gasteiger charge is 2.41. The quantitative estimate of drug-likeness (QED) is 0.285. The van der Waals surface area contributed by atoms with Crippen LogP contribution in [-0.2, 0) is 11.0 Å². The van der Waals surface area contributed by atoms with Gasteiger partial charge in [0.25, 0.3) is 5.91 Å². The second-order valence-electron chi connectivity index (χ2n) is 11.8. The third kappa shape index (κ3) is 6.37. The number of aryl methyl sites for hydroxylation is 2. The molecule has 5 rings (SSSR count). The molecule has 2 N–H and O–H groups in total. The number of benzene rings is 3. The second kappa shape index (κ2) is 12.7. The number of anilines is 2. The minimum absolute atomic E-state index is 0.0834. The summed E-state index contributed by atoms with van der Waals surface area (Å²) in [6.45, 7) is 3.15. The highest BCUT2D eigenvalue weighted by Crippen LogP contribution is 2.39. The molecule has 5 nitrogen and oxygen atoms in total. The van der Waals surface area contributed by atoms with E-state index in [9.17, 15) is 27.2 Å². The number of hydrogen-bond acceptors (Lipinski definition) is 3. The Hall–Kier alpha value is -3.75. The molecule has 0 spiro atoms. The topological polar surface area (TPSA) is 61.4 Å². The van der Waals surface area contributed by atoms with Crippen molar-refractivity contribution in [3.63, 3.8) is 0 Å². The highest BCUT2D eigenvalue weighted by atomic mass is 19.4. The average molecular weight is 601 g/mol. The molecule has 0 aromatic heterocycles. The summed E-state index contributed by atoms with van der Waals surface area (Å²) >= 11 is 0. The molecule has 44 heavy (non-hydrogen) atoms. The lowest BCUT2D eigenvalue weighted by molar-refractivity contribution is -0.137. The van der Waals surface area contributed by atoms with E-state index < -0.39 is 46.8 Å². The fraction of sp³-hybridized carbons (Fsp3) is 0.394. The second-order valence-corrected chi connectivity index (χ2v) is 11.8. The van der Waals surface area contributed by atoms with Gasteiger partial charge in [-0.25, -0.2) is 4.39 Å². The fourth-order valence-electron chi connectivity index (χ4n) is 6.64. The number of likely N-dealkylation sites (tertiary alicyclic amines) is 1. The van der Waals surface area contributed by atoms with E-state index in [-0.39, 0.29) is 28.8 Å². The summed E-state index contributed by atoms with van der Waals surface area (Å²) < 4.78 is 56.4. The van der Waals surface area contributed by atoms with Crippen LogP contribution in [0.15, 0.2) is 48.5 Å². The van der Waals surface area contributed by atoms with Gasteiger partial charge in [-0.2, -0.15) is 13.2 Å². The van der Waals surface area contributed by atoms with Crippen LogP contribution in [-0.4, -0.2) is 45.0 Å². The van der Waals surface area contributed by atoms with Crippen LogP contribution >= 0.6 is 0 Å². The molecule has 1 aliphatic heterocycles. The first kappa shape index (κ1) is 31.7. The summed E-state index contributed by atoms with van der Waals surface area (Å²) in [6, 6.07) is 12.5. The van der Waals surface area contributed by atoms with Gasteiger partial charge in [-0.3, -0.25) is 9.59 Å². The van der Waals surface area contributed by atoms with Crippen LogP contribution in [0.4, 0.5) is 28.9 Å². The van der Waals surface area contributed by atoms with Crippen molar-refractivity contribution in [2.75, 3.05) is 17.2 Å². The van der Waals surface area contributed by atoms with Crippen LogP contribution in [0.3, 0.4) is 0 Å². The molecule has 2 amide bonds. The molecule has 3 aromatic carbocycles. The summed E-state index contributed by atoms with van der Waals surface area (Å²) in [5, 5.41) is 6.07. The summed E-state index contributed by atoms with van der Waals surface area (Å²) in [6.07, 6.45) is 0.488. The number of alkyl halides is 3. The third-order valence-corrected chi connectivity index (χ3v) is 8.77. The van der Waals surface area contributed by atoms with Crippen LogP contribution in [0.1, 0.15) is 77.2 Å². The van der Waals surface area contributed by atoms with Crippen molar-refractivity contribution in [2.24, 2.45) is 5.92 Å². The third-order valence-electron chi connectivity index (χ3n) is 8.77. The number of carbonyl (C=O) groups is 2. The van der Waals surface area contributed by atoms with Crippen molar-refractivity contribution in [1.82, 2.24) is 4.90 Å². The molecule has 1 heterocycles. The molecule has 2 atom stereocenters. The Morgan fingerprint density at radius 2 is 1.61 bits per heavy atom. The zero-order valence-electron chi connectivity index (χ0n) is 24.7. The summed E-state index contributed by atoms with van der Waals surface area (Å²) in [4.78, 5) is 29.3. The molecule has 4 radical (unpaired) electrons. The molecular formula is C33H33B2F4N3O2. The lowest BCUT2D eigenvalue weighted by atomic mass is 9.78. The molecule has 11 heteroatoms. The van der Waals surface area contributed by atoms with Gasteiger partial charge in [0.1, 0.15) is 21.5 Å². The predicted molar refractivity (Wildman–Crippen MR) is 166 cm³/mol. The van der Waals surface area contributed by atoms with E-state index in [0.717, 1.165) is 24.6 Å². The molecule has 1 saturated carbocycles. The minimum atomic E-state index is -4.76. The lowest BCUT2D eigenvalue weighted by Gasteiger charge is -2.41. The van der Waals surface area contributed by atoms with E-state index in [1.807, 2.05) is 24.3 Å². The van der Waals surface area contributed by atoms with Crippen molar-refractivity contribution in [3.8, 4) is 0 Å². The fourth-order valence-corrected chi connectivity index (χ4v) is 6.64. The molecule has 2 aliphatic rings. The highest BCUT2D eigenvalue weighted by molar-refractivity contribution is 6.45. The van der Waals surface area contributed by atoms with E-state index in [2.05, 4.69) is 10.6 Å². The molecular weight excluding hydrogens is 568 g/mol. The number of piperidine rings is 1. The van der Waals surface area contributed by atoms with Crippen LogP contribution in [0, 0.1) is 25.6 Å². The number of halogens is 4. The molecule has 1 saturated heterocycles. The zero-order valence-corrected chi connectivity index (χ0v) is 24.7. The molecule has 0 bridgehead atoms. The minimum Gasteiger partial charge on any atom is -0.382 e. The van der Waals surface area contributed by atoms with Crippen molar-refractivity contribution in [2.45, 2.75) is 70.6 Å². The summed E-state index contributed by atoms with van der Waals surface area (Å²) in [7, 11) is 12.0. The van der Waals surface area contributed by atoms with E-state index in [1.165, 1.54) is 36.8 Å². The van der Waals surface area contributed by atoms with E-state index in [4.69, 9.17) is 15.7 Å². The number of nitrogens with one attached hydrogen (secondary N) is 2. The molecule has 0 unspecified atom stereocenters. The van der Waals surface area contributed by atoms with Crippen molar-refractivity contribution >= 4 is 49.8 Å².